The van der Waals surface area contributed by atoms with Gasteiger partial charge in [0.25, 0.3) is 0 Å². The molecular weight excluding hydrogens is 174 g/mol. The van der Waals surface area contributed by atoms with Crippen molar-refractivity contribution < 1.29 is 13.5 Å². The molecule has 0 atom stereocenters. The number of ether oxygens (including phenoxy) is 1. The molecule has 1 aromatic rings. The van der Waals surface area contributed by atoms with Crippen molar-refractivity contribution >= 4 is 0 Å². The topological polar surface area (TPSA) is 9.23 Å². The first-order valence-corrected chi connectivity index (χ1v) is 4.32. The summed E-state index contributed by atoms with van der Waals surface area (Å²) in [5, 5.41) is 0. The average molecular weight is 186 g/mol. The van der Waals surface area contributed by atoms with Crippen molar-refractivity contribution in [3.8, 4) is 5.75 Å². The molecule has 0 N–H and O–H groups in total. The molecule has 0 saturated carbocycles. The molecule has 3 heteroatoms. The molecule has 0 bridgehead atoms. The standard InChI is InChI=1S/C10H12F2O/c1-2-3-6-13-10-5-4-8(11)7-9(10)12/h4-5,7H,2-3,6H2,1H3. The molecule has 0 unspecified atom stereocenters. The fourth-order valence-corrected chi connectivity index (χ4v) is 0.919. The van der Waals surface area contributed by atoms with Crippen LogP contribution in [0.2, 0.25) is 0 Å². The Bertz CT molecular complexity index is 274. The maximum atomic E-state index is 12.9. The van der Waals surface area contributed by atoms with E-state index >= 15 is 0 Å². The molecule has 13 heavy (non-hydrogen) atoms. The van der Waals surface area contributed by atoms with Crippen molar-refractivity contribution in [2.24, 2.45) is 0 Å². The monoisotopic (exact) mass is 186 g/mol. The van der Waals surface area contributed by atoms with Crippen LogP contribution in [0, 0.1) is 11.6 Å². The van der Waals surface area contributed by atoms with Crippen LogP contribution in [-0.4, -0.2) is 6.61 Å². The Morgan fingerprint density at radius 1 is 1.31 bits per heavy atom. The summed E-state index contributed by atoms with van der Waals surface area (Å²) in [6, 6.07) is 3.31. The molecule has 72 valence electrons. The van der Waals surface area contributed by atoms with Gasteiger partial charge in [-0.3, -0.25) is 0 Å². The zero-order valence-electron chi connectivity index (χ0n) is 7.52. The van der Waals surface area contributed by atoms with Gasteiger partial charge in [0.1, 0.15) is 5.82 Å². The van der Waals surface area contributed by atoms with Crippen LogP contribution in [-0.2, 0) is 0 Å². The Balaban J connectivity index is 2.56. The highest BCUT2D eigenvalue weighted by atomic mass is 19.1. The Hall–Kier alpha value is -1.12. The summed E-state index contributed by atoms with van der Waals surface area (Å²) in [5.74, 6) is -1.11. The molecule has 0 spiro atoms. The summed E-state index contributed by atoms with van der Waals surface area (Å²) in [6.45, 7) is 2.49. The van der Waals surface area contributed by atoms with Gasteiger partial charge in [-0.2, -0.15) is 0 Å². The number of rotatable bonds is 4. The highest BCUT2D eigenvalue weighted by molar-refractivity contribution is 5.24. The van der Waals surface area contributed by atoms with Gasteiger partial charge < -0.3 is 4.74 Å². The predicted molar refractivity (Wildman–Crippen MR) is 46.8 cm³/mol. The molecule has 0 amide bonds. The van der Waals surface area contributed by atoms with Gasteiger partial charge in [0.2, 0.25) is 0 Å². The van der Waals surface area contributed by atoms with Crippen LogP contribution >= 0.6 is 0 Å². The first-order chi connectivity index (χ1) is 6.24. The van der Waals surface area contributed by atoms with Gasteiger partial charge in [-0.25, -0.2) is 8.78 Å². The van der Waals surface area contributed by atoms with Gasteiger partial charge in [-0.05, 0) is 18.6 Å². The lowest BCUT2D eigenvalue weighted by Crippen LogP contribution is -1.98. The molecule has 0 radical (unpaired) electrons. The van der Waals surface area contributed by atoms with E-state index in [-0.39, 0.29) is 5.75 Å². The van der Waals surface area contributed by atoms with Gasteiger partial charge >= 0.3 is 0 Å². The SMILES string of the molecule is CCCCOc1ccc(F)cc1F. The smallest absolute Gasteiger partial charge is 0.167 e. The van der Waals surface area contributed by atoms with E-state index in [9.17, 15) is 8.78 Å². The molecular formula is C10H12F2O. The van der Waals surface area contributed by atoms with Gasteiger partial charge in [0.15, 0.2) is 11.6 Å². The maximum Gasteiger partial charge on any atom is 0.167 e. The summed E-state index contributed by atoms with van der Waals surface area (Å²) in [7, 11) is 0. The van der Waals surface area contributed by atoms with E-state index in [0.29, 0.717) is 6.61 Å². The van der Waals surface area contributed by atoms with Crippen molar-refractivity contribution in [3.63, 3.8) is 0 Å². The summed E-state index contributed by atoms with van der Waals surface area (Å²) in [6.07, 6.45) is 1.86. The summed E-state index contributed by atoms with van der Waals surface area (Å²) in [5.41, 5.74) is 0. The molecule has 1 rings (SSSR count). The zero-order chi connectivity index (χ0) is 9.68. The predicted octanol–water partition coefficient (Wildman–Crippen LogP) is 3.14. The highest BCUT2D eigenvalue weighted by Crippen LogP contribution is 2.17. The number of benzene rings is 1. The van der Waals surface area contributed by atoms with Crippen LogP contribution in [0.4, 0.5) is 8.78 Å². The molecule has 0 aliphatic carbocycles. The van der Waals surface area contributed by atoms with E-state index in [2.05, 4.69) is 0 Å². The summed E-state index contributed by atoms with van der Waals surface area (Å²) < 4.78 is 30.4. The largest absolute Gasteiger partial charge is 0.491 e. The van der Waals surface area contributed by atoms with E-state index in [4.69, 9.17) is 4.74 Å². The Morgan fingerprint density at radius 3 is 2.69 bits per heavy atom. The second-order valence-electron chi connectivity index (χ2n) is 2.78. The third-order valence-corrected chi connectivity index (χ3v) is 1.65. The minimum atomic E-state index is -0.642. The lowest BCUT2D eigenvalue weighted by Gasteiger charge is -2.05. The highest BCUT2D eigenvalue weighted by Gasteiger charge is 2.03. The third-order valence-electron chi connectivity index (χ3n) is 1.65. The Morgan fingerprint density at radius 2 is 2.08 bits per heavy atom. The lowest BCUT2D eigenvalue weighted by molar-refractivity contribution is 0.293. The van der Waals surface area contributed by atoms with E-state index in [1.165, 1.54) is 12.1 Å². The Labute approximate surface area is 76.3 Å². The fourth-order valence-electron chi connectivity index (χ4n) is 0.919. The van der Waals surface area contributed by atoms with E-state index in [1.807, 2.05) is 6.92 Å². The minimum Gasteiger partial charge on any atom is -0.491 e. The number of unbranched alkanes of at least 4 members (excludes halogenated alkanes) is 1. The van der Waals surface area contributed by atoms with Crippen LogP contribution in [0.25, 0.3) is 0 Å². The van der Waals surface area contributed by atoms with Crippen LogP contribution in [0.15, 0.2) is 18.2 Å². The van der Waals surface area contributed by atoms with Crippen molar-refractivity contribution in [3.05, 3.63) is 29.8 Å². The first kappa shape index (κ1) is 9.96. The molecule has 0 saturated heterocycles. The van der Waals surface area contributed by atoms with Gasteiger partial charge in [-0.1, -0.05) is 13.3 Å². The van der Waals surface area contributed by atoms with Gasteiger partial charge in [0.05, 0.1) is 6.61 Å². The van der Waals surface area contributed by atoms with Crippen molar-refractivity contribution in [2.75, 3.05) is 6.61 Å². The van der Waals surface area contributed by atoms with Crippen LogP contribution in [0.3, 0.4) is 0 Å². The first-order valence-electron chi connectivity index (χ1n) is 4.32. The molecule has 0 fully saturated rings. The maximum absolute atomic E-state index is 12.9. The van der Waals surface area contributed by atoms with E-state index < -0.39 is 11.6 Å². The van der Waals surface area contributed by atoms with Crippen LogP contribution in [0.1, 0.15) is 19.8 Å². The lowest BCUT2D eigenvalue weighted by atomic mass is 10.3. The number of hydrogen-bond donors (Lipinski definition) is 0. The summed E-state index contributed by atoms with van der Waals surface area (Å²) >= 11 is 0. The molecule has 1 aromatic carbocycles. The number of halogens is 2. The van der Waals surface area contributed by atoms with Gasteiger partial charge in [-0.15, -0.1) is 0 Å². The third kappa shape index (κ3) is 3.01. The zero-order valence-corrected chi connectivity index (χ0v) is 7.52. The minimum absolute atomic E-state index is 0.120. The van der Waals surface area contributed by atoms with Crippen LogP contribution < -0.4 is 4.74 Å². The number of hydrogen-bond acceptors (Lipinski definition) is 1. The molecule has 0 aliphatic heterocycles. The van der Waals surface area contributed by atoms with E-state index in [1.54, 1.807) is 0 Å². The van der Waals surface area contributed by atoms with Crippen LogP contribution in [0.5, 0.6) is 5.75 Å². The molecule has 0 heterocycles. The molecule has 0 aliphatic rings. The van der Waals surface area contributed by atoms with Crippen molar-refractivity contribution in [1.82, 2.24) is 0 Å². The normalized spacial score (nSPS) is 10.1. The van der Waals surface area contributed by atoms with Crippen molar-refractivity contribution in [2.45, 2.75) is 19.8 Å². The molecule has 1 nitrogen and oxygen atoms in total. The second kappa shape index (κ2) is 4.80. The Kier molecular flexibility index (Phi) is 3.68. The van der Waals surface area contributed by atoms with E-state index in [0.717, 1.165) is 18.9 Å². The van der Waals surface area contributed by atoms with Gasteiger partial charge in [0, 0.05) is 6.07 Å². The quantitative estimate of drug-likeness (QED) is 0.656. The second-order valence-corrected chi connectivity index (χ2v) is 2.78. The molecule has 0 aromatic heterocycles. The summed E-state index contributed by atoms with van der Waals surface area (Å²) in [4.78, 5) is 0. The average Bonchev–Trinajstić information content (AvgIpc) is 2.09. The fraction of sp³-hybridized carbons (Fsp3) is 0.400. The van der Waals surface area contributed by atoms with Crippen molar-refractivity contribution in [1.29, 1.82) is 0 Å².